The highest BCUT2D eigenvalue weighted by Gasteiger charge is 2.13. The quantitative estimate of drug-likeness (QED) is 0.660. The first-order valence-electron chi connectivity index (χ1n) is 7.90. The summed E-state index contributed by atoms with van der Waals surface area (Å²) in [5.41, 5.74) is 1.34. The molecule has 0 saturated carbocycles. The van der Waals surface area contributed by atoms with Crippen LogP contribution in [0.3, 0.4) is 0 Å². The molecule has 2 aromatic carbocycles. The average Bonchev–Trinajstić information content (AvgIpc) is 2.63. The predicted molar refractivity (Wildman–Crippen MR) is 102 cm³/mol. The molecule has 0 bridgehead atoms. The van der Waals surface area contributed by atoms with E-state index in [1.165, 1.54) is 0 Å². The zero-order chi connectivity index (χ0) is 18.4. The molecule has 0 radical (unpaired) electrons. The fraction of sp³-hybridized carbons (Fsp3) is 0.105. The molecule has 3 rings (SSSR count). The van der Waals surface area contributed by atoms with Crippen LogP contribution in [-0.4, -0.2) is 13.4 Å². The Morgan fingerprint density at radius 2 is 1.81 bits per heavy atom. The zero-order valence-corrected chi connectivity index (χ0v) is 15.4. The van der Waals surface area contributed by atoms with Crippen LogP contribution in [0.5, 0.6) is 11.6 Å². The van der Waals surface area contributed by atoms with Gasteiger partial charge in [-0.15, -0.1) is 0 Å². The van der Waals surface area contributed by atoms with E-state index in [2.05, 4.69) is 9.71 Å². The maximum Gasteiger partial charge on any atom is 0.219 e. The van der Waals surface area contributed by atoms with Crippen LogP contribution in [0.15, 0.2) is 72.9 Å². The van der Waals surface area contributed by atoms with Gasteiger partial charge in [0.1, 0.15) is 5.75 Å². The Morgan fingerprint density at radius 1 is 1.00 bits per heavy atom. The van der Waals surface area contributed by atoms with Crippen molar-refractivity contribution in [2.75, 3.05) is 0 Å². The van der Waals surface area contributed by atoms with E-state index in [1.54, 1.807) is 60.8 Å². The number of nitrogens with one attached hydrogen (secondary N) is 1. The van der Waals surface area contributed by atoms with E-state index in [0.717, 1.165) is 5.56 Å². The minimum atomic E-state index is -3.51. The van der Waals surface area contributed by atoms with Crippen molar-refractivity contribution in [3.05, 3.63) is 89.1 Å². The molecule has 0 aliphatic rings. The maximum absolute atomic E-state index is 12.3. The summed E-state index contributed by atoms with van der Waals surface area (Å²) in [6.45, 7) is 0.159. The van der Waals surface area contributed by atoms with Gasteiger partial charge < -0.3 is 4.74 Å². The number of hydrogen-bond donors (Lipinski definition) is 1. The highest BCUT2D eigenvalue weighted by molar-refractivity contribution is 7.88. The van der Waals surface area contributed by atoms with Gasteiger partial charge in [0.25, 0.3) is 0 Å². The monoisotopic (exact) mass is 388 g/mol. The zero-order valence-electron chi connectivity index (χ0n) is 13.8. The minimum absolute atomic E-state index is 0.159. The third-order valence-corrected chi connectivity index (χ3v) is 5.20. The first-order valence-corrected chi connectivity index (χ1v) is 9.93. The van der Waals surface area contributed by atoms with Gasteiger partial charge in [0.15, 0.2) is 0 Å². The van der Waals surface area contributed by atoms with Crippen molar-refractivity contribution in [1.29, 1.82) is 0 Å². The van der Waals surface area contributed by atoms with E-state index in [4.69, 9.17) is 16.3 Å². The SMILES string of the molecule is O=S(=O)(Cc1ccccc1Cl)NCc1cccc(Oc2ccccn2)c1. The number of ether oxygens (including phenoxy) is 1. The molecule has 0 aliphatic carbocycles. The molecule has 3 aromatic rings. The summed E-state index contributed by atoms with van der Waals surface area (Å²) < 4.78 is 32.8. The van der Waals surface area contributed by atoms with Gasteiger partial charge >= 0.3 is 0 Å². The largest absolute Gasteiger partial charge is 0.439 e. The van der Waals surface area contributed by atoms with Gasteiger partial charge in [-0.3, -0.25) is 0 Å². The van der Waals surface area contributed by atoms with E-state index in [1.807, 2.05) is 12.1 Å². The van der Waals surface area contributed by atoms with E-state index in [-0.39, 0.29) is 12.3 Å². The second-order valence-electron chi connectivity index (χ2n) is 5.59. The number of nitrogens with zero attached hydrogens (tertiary/aromatic N) is 1. The molecular weight excluding hydrogens is 372 g/mol. The van der Waals surface area contributed by atoms with Crippen LogP contribution in [-0.2, 0) is 22.3 Å². The van der Waals surface area contributed by atoms with E-state index >= 15 is 0 Å². The van der Waals surface area contributed by atoms with Gasteiger partial charge in [-0.25, -0.2) is 18.1 Å². The Hall–Kier alpha value is -2.41. The fourth-order valence-corrected chi connectivity index (χ4v) is 3.74. The van der Waals surface area contributed by atoms with Gasteiger partial charge in [0.2, 0.25) is 15.9 Å². The number of pyridine rings is 1. The highest BCUT2D eigenvalue weighted by Crippen LogP contribution is 2.21. The number of hydrogen-bond acceptors (Lipinski definition) is 4. The fourth-order valence-electron chi connectivity index (χ4n) is 2.31. The van der Waals surface area contributed by atoms with Crippen molar-refractivity contribution in [3.63, 3.8) is 0 Å². The Balaban J connectivity index is 1.64. The molecular formula is C19H17ClN2O3S. The molecule has 0 amide bonds. The lowest BCUT2D eigenvalue weighted by Gasteiger charge is -2.09. The number of benzene rings is 2. The Morgan fingerprint density at radius 3 is 2.58 bits per heavy atom. The van der Waals surface area contributed by atoms with E-state index in [0.29, 0.717) is 22.2 Å². The van der Waals surface area contributed by atoms with Crippen LogP contribution >= 0.6 is 11.6 Å². The Bertz CT molecular complexity index is 979. The van der Waals surface area contributed by atoms with Gasteiger partial charge in [0, 0.05) is 23.8 Å². The summed E-state index contributed by atoms with van der Waals surface area (Å²) in [5, 5.41) is 0.434. The van der Waals surface area contributed by atoms with Gasteiger partial charge in [-0.05, 0) is 35.4 Å². The molecule has 1 aromatic heterocycles. The highest BCUT2D eigenvalue weighted by atomic mass is 35.5. The lowest BCUT2D eigenvalue weighted by Crippen LogP contribution is -2.24. The molecule has 0 unspecified atom stereocenters. The number of aromatic nitrogens is 1. The molecule has 0 saturated heterocycles. The average molecular weight is 389 g/mol. The molecule has 1 N–H and O–H groups in total. The Labute approximate surface area is 157 Å². The van der Waals surface area contributed by atoms with Crippen molar-refractivity contribution in [1.82, 2.24) is 9.71 Å². The van der Waals surface area contributed by atoms with Crippen molar-refractivity contribution >= 4 is 21.6 Å². The van der Waals surface area contributed by atoms with E-state index in [9.17, 15) is 8.42 Å². The standard InChI is InChI=1S/C19H17ClN2O3S/c20-18-9-2-1-7-16(18)14-26(23,24)22-13-15-6-5-8-17(12-15)25-19-10-3-4-11-21-19/h1-12,22H,13-14H2. The number of rotatable bonds is 7. The summed E-state index contributed by atoms with van der Waals surface area (Å²) in [7, 11) is -3.51. The molecule has 0 atom stereocenters. The number of halogens is 1. The van der Waals surface area contributed by atoms with Crippen molar-refractivity contribution < 1.29 is 13.2 Å². The second kappa shape index (κ2) is 8.31. The third-order valence-electron chi connectivity index (χ3n) is 3.56. The summed E-state index contributed by atoms with van der Waals surface area (Å²) in [6.07, 6.45) is 1.64. The summed E-state index contributed by atoms with van der Waals surface area (Å²) in [4.78, 5) is 4.10. The van der Waals surface area contributed by atoms with E-state index < -0.39 is 10.0 Å². The van der Waals surface area contributed by atoms with Crippen LogP contribution in [0.25, 0.3) is 0 Å². The summed E-state index contributed by atoms with van der Waals surface area (Å²) in [6, 6.07) is 19.5. The molecule has 26 heavy (non-hydrogen) atoms. The molecule has 5 nitrogen and oxygen atoms in total. The summed E-state index contributed by atoms with van der Waals surface area (Å²) >= 11 is 6.03. The van der Waals surface area contributed by atoms with Gasteiger partial charge in [0.05, 0.1) is 5.75 Å². The summed E-state index contributed by atoms with van der Waals surface area (Å²) in [5.74, 6) is 0.895. The first kappa shape index (κ1) is 18.4. The maximum atomic E-state index is 12.3. The number of sulfonamides is 1. The predicted octanol–water partition coefficient (Wildman–Crippen LogP) is 4.15. The van der Waals surface area contributed by atoms with Gasteiger partial charge in [-0.1, -0.05) is 48.0 Å². The van der Waals surface area contributed by atoms with Crippen molar-refractivity contribution in [2.24, 2.45) is 0 Å². The van der Waals surface area contributed by atoms with Crippen LogP contribution in [0.1, 0.15) is 11.1 Å². The molecule has 0 spiro atoms. The van der Waals surface area contributed by atoms with Crippen molar-refractivity contribution in [2.45, 2.75) is 12.3 Å². The minimum Gasteiger partial charge on any atom is -0.439 e. The molecule has 7 heteroatoms. The molecule has 0 fully saturated rings. The second-order valence-corrected chi connectivity index (χ2v) is 7.80. The molecule has 0 aliphatic heterocycles. The van der Waals surface area contributed by atoms with Crippen molar-refractivity contribution in [3.8, 4) is 11.6 Å². The van der Waals surface area contributed by atoms with Crippen LogP contribution in [0, 0.1) is 0 Å². The van der Waals surface area contributed by atoms with Crippen LogP contribution in [0.4, 0.5) is 0 Å². The normalized spacial score (nSPS) is 11.3. The first-order chi connectivity index (χ1) is 12.5. The third kappa shape index (κ3) is 5.29. The smallest absolute Gasteiger partial charge is 0.219 e. The Kier molecular flexibility index (Phi) is 5.88. The van der Waals surface area contributed by atoms with Crippen LogP contribution in [0.2, 0.25) is 5.02 Å². The lowest BCUT2D eigenvalue weighted by atomic mass is 10.2. The van der Waals surface area contributed by atoms with Gasteiger partial charge in [-0.2, -0.15) is 0 Å². The molecule has 134 valence electrons. The lowest BCUT2D eigenvalue weighted by molar-refractivity contribution is 0.462. The topological polar surface area (TPSA) is 68.3 Å². The molecule has 1 heterocycles. The van der Waals surface area contributed by atoms with Crippen LogP contribution < -0.4 is 9.46 Å².